The molecule has 0 bridgehead atoms. The first-order chi connectivity index (χ1) is 17.1. The molecular weight excluding hydrogens is 500 g/mol. The molecule has 0 amide bonds. The lowest BCUT2D eigenvalue weighted by molar-refractivity contribution is 0.116. The summed E-state index contributed by atoms with van der Waals surface area (Å²) in [4.78, 5) is 2.37. The Hall–Kier alpha value is -1.87. The lowest BCUT2D eigenvalue weighted by Gasteiger charge is -2.43. The van der Waals surface area contributed by atoms with E-state index in [0.29, 0.717) is 17.9 Å². The number of likely N-dealkylation sites (N-methyl/N-ethyl adjacent to an activating group) is 1. The third-order valence-electron chi connectivity index (χ3n) is 8.46. The van der Waals surface area contributed by atoms with Gasteiger partial charge < -0.3 is 14.1 Å². The van der Waals surface area contributed by atoms with Crippen molar-refractivity contribution in [2.24, 2.45) is 0 Å². The molecule has 0 spiro atoms. The monoisotopic (exact) mass is 546 g/mol. The Bertz CT molecular complexity index is 1170. The van der Waals surface area contributed by atoms with Gasteiger partial charge in [0.05, 0.1) is 24.2 Å². The summed E-state index contributed by atoms with van der Waals surface area (Å²) in [7, 11) is 1.55. The number of anilines is 1. The van der Waals surface area contributed by atoms with Crippen LogP contribution in [0.25, 0.3) is 0 Å². The summed E-state index contributed by atoms with van der Waals surface area (Å²) >= 11 is 0. The van der Waals surface area contributed by atoms with E-state index in [4.69, 9.17) is 9.16 Å². The zero-order valence-electron chi connectivity index (χ0n) is 24.2. The van der Waals surface area contributed by atoms with Crippen LogP contribution in [0.15, 0.2) is 47.4 Å². The van der Waals surface area contributed by atoms with Crippen LogP contribution < -0.4 is 9.64 Å². The second-order valence-corrected chi connectivity index (χ2v) is 18.9. The van der Waals surface area contributed by atoms with E-state index in [2.05, 4.69) is 33.9 Å². The third-order valence-corrected chi connectivity index (χ3v) is 15.0. The number of ether oxygens (including phenoxy) is 1. The van der Waals surface area contributed by atoms with Gasteiger partial charge in [-0.05, 0) is 78.9 Å². The molecule has 0 aliphatic heterocycles. The lowest BCUT2D eigenvalue weighted by Crippen LogP contribution is -2.54. The predicted octanol–water partition coefficient (Wildman–Crippen LogP) is 6.31. The van der Waals surface area contributed by atoms with Gasteiger partial charge in [0.25, 0.3) is 0 Å². The van der Waals surface area contributed by atoms with Gasteiger partial charge in [0, 0.05) is 26.8 Å². The molecule has 206 valence electrons. The summed E-state index contributed by atoms with van der Waals surface area (Å²) in [6.07, 6.45) is 4.18. The van der Waals surface area contributed by atoms with E-state index >= 15 is 0 Å². The van der Waals surface area contributed by atoms with Gasteiger partial charge in [-0.3, -0.25) is 0 Å². The molecule has 2 aromatic carbocycles. The fourth-order valence-corrected chi connectivity index (χ4v) is 7.52. The average Bonchev–Trinajstić information content (AvgIpc) is 3.32. The largest absolute Gasteiger partial charge is 0.497 e. The van der Waals surface area contributed by atoms with Gasteiger partial charge in [0.2, 0.25) is 10.0 Å². The summed E-state index contributed by atoms with van der Waals surface area (Å²) < 4.78 is 42.2. The molecular formula is C29H46N2O4SSi. The molecule has 0 radical (unpaired) electrons. The quantitative estimate of drug-likeness (QED) is 0.327. The zero-order valence-corrected chi connectivity index (χ0v) is 26.0. The SMILES string of the molecule is COc1ccc(Cc2cc(N(C)C)ccc2S(=O)(=O)N(C)C2(CO[Si](C)(C)C(C)(C)C)CCCC2)cc1. The number of hydrogen-bond donors (Lipinski definition) is 0. The molecule has 8 heteroatoms. The number of benzene rings is 2. The molecule has 0 atom stereocenters. The normalized spacial score (nSPS) is 16.3. The van der Waals surface area contributed by atoms with E-state index in [1.54, 1.807) is 24.5 Å². The fourth-order valence-electron chi connectivity index (χ4n) is 4.71. The van der Waals surface area contributed by atoms with Crippen LogP contribution in [0, 0.1) is 0 Å². The van der Waals surface area contributed by atoms with Gasteiger partial charge >= 0.3 is 0 Å². The van der Waals surface area contributed by atoms with Crippen LogP contribution in [-0.2, 0) is 20.9 Å². The summed E-state index contributed by atoms with van der Waals surface area (Å²) in [6.45, 7) is 11.6. The summed E-state index contributed by atoms with van der Waals surface area (Å²) in [5.74, 6) is 0.781. The van der Waals surface area contributed by atoms with Crippen LogP contribution in [0.3, 0.4) is 0 Å². The Morgan fingerprint density at radius 3 is 2.08 bits per heavy atom. The fraction of sp³-hybridized carbons (Fsp3) is 0.586. The Kier molecular flexibility index (Phi) is 8.89. The maximum Gasteiger partial charge on any atom is 0.243 e. The second kappa shape index (κ2) is 11.1. The number of nitrogens with zero attached hydrogens (tertiary/aromatic N) is 2. The Balaban J connectivity index is 2.00. The molecule has 2 aromatic rings. The molecule has 1 saturated carbocycles. The standard InChI is InChI=1S/C29H46N2O4SSi/c1-28(2,3)37(8,9)35-22-29(18-10-11-19-29)31(6)36(32,33)27-17-14-25(30(4)5)21-24(27)20-23-12-15-26(34-7)16-13-23/h12-17,21H,10-11,18-20,22H2,1-9H3. The maximum absolute atomic E-state index is 14.3. The van der Waals surface area contributed by atoms with E-state index < -0.39 is 23.9 Å². The highest BCUT2D eigenvalue weighted by Gasteiger charge is 2.47. The van der Waals surface area contributed by atoms with Gasteiger partial charge in [-0.15, -0.1) is 0 Å². The molecule has 6 nitrogen and oxygen atoms in total. The van der Waals surface area contributed by atoms with Gasteiger partial charge in [-0.1, -0.05) is 45.7 Å². The van der Waals surface area contributed by atoms with Gasteiger partial charge in [0.15, 0.2) is 8.32 Å². The van der Waals surface area contributed by atoms with Gasteiger partial charge in [-0.25, -0.2) is 8.42 Å². The molecule has 1 aliphatic rings. The highest BCUT2D eigenvalue weighted by Crippen LogP contribution is 2.42. The Labute approximate surface area is 226 Å². The molecule has 37 heavy (non-hydrogen) atoms. The van der Waals surface area contributed by atoms with Crippen LogP contribution in [-0.4, -0.2) is 61.4 Å². The highest BCUT2D eigenvalue weighted by molar-refractivity contribution is 7.89. The van der Waals surface area contributed by atoms with Crippen molar-refractivity contribution >= 4 is 24.0 Å². The van der Waals surface area contributed by atoms with Crippen molar-refractivity contribution in [1.82, 2.24) is 4.31 Å². The average molecular weight is 547 g/mol. The number of rotatable bonds is 10. The van der Waals surface area contributed by atoms with Crippen molar-refractivity contribution in [2.45, 2.75) is 81.4 Å². The van der Waals surface area contributed by atoms with Crippen LogP contribution in [0.4, 0.5) is 5.69 Å². The molecule has 0 aromatic heterocycles. The van der Waals surface area contributed by atoms with Gasteiger partial charge in [0.1, 0.15) is 5.75 Å². The van der Waals surface area contributed by atoms with Crippen molar-refractivity contribution in [3.8, 4) is 5.75 Å². The summed E-state index contributed by atoms with van der Waals surface area (Å²) in [5, 5.41) is 0.0672. The van der Waals surface area contributed by atoms with E-state index in [1.807, 2.05) is 55.4 Å². The van der Waals surface area contributed by atoms with Crippen LogP contribution in [0.2, 0.25) is 18.1 Å². The molecule has 0 heterocycles. The topological polar surface area (TPSA) is 59.1 Å². The van der Waals surface area contributed by atoms with Crippen LogP contribution >= 0.6 is 0 Å². The number of methoxy groups -OCH3 is 1. The van der Waals surface area contributed by atoms with Crippen molar-refractivity contribution in [1.29, 1.82) is 0 Å². The Morgan fingerprint density at radius 2 is 1.57 bits per heavy atom. The smallest absolute Gasteiger partial charge is 0.243 e. The van der Waals surface area contributed by atoms with E-state index in [-0.39, 0.29) is 5.04 Å². The minimum Gasteiger partial charge on any atom is -0.497 e. The second-order valence-electron chi connectivity index (χ2n) is 12.2. The van der Waals surface area contributed by atoms with Crippen molar-refractivity contribution in [3.63, 3.8) is 0 Å². The summed E-state index contributed by atoms with van der Waals surface area (Å²) in [6, 6.07) is 13.5. The first kappa shape index (κ1) is 29.7. The van der Waals surface area contributed by atoms with E-state index in [9.17, 15) is 8.42 Å². The van der Waals surface area contributed by atoms with Crippen molar-refractivity contribution < 1.29 is 17.6 Å². The van der Waals surface area contributed by atoms with E-state index in [0.717, 1.165) is 48.2 Å². The summed E-state index contributed by atoms with van der Waals surface area (Å²) in [5.41, 5.74) is 2.28. The van der Waals surface area contributed by atoms with Crippen molar-refractivity contribution in [3.05, 3.63) is 53.6 Å². The first-order valence-corrected chi connectivity index (χ1v) is 17.5. The lowest BCUT2D eigenvalue weighted by atomic mass is 10.00. The predicted molar refractivity (Wildman–Crippen MR) is 156 cm³/mol. The molecule has 1 aliphatic carbocycles. The first-order valence-electron chi connectivity index (χ1n) is 13.2. The molecule has 0 N–H and O–H groups in total. The molecule has 1 fully saturated rings. The highest BCUT2D eigenvalue weighted by atomic mass is 32.2. The minimum absolute atomic E-state index is 0.0672. The zero-order chi connectivity index (χ0) is 27.6. The van der Waals surface area contributed by atoms with E-state index in [1.165, 1.54) is 0 Å². The molecule has 3 rings (SSSR count). The van der Waals surface area contributed by atoms with Crippen LogP contribution in [0.5, 0.6) is 5.75 Å². The molecule has 0 unspecified atom stereocenters. The number of sulfonamides is 1. The number of hydrogen-bond acceptors (Lipinski definition) is 5. The minimum atomic E-state index is -3.76. The van der Waals surface area contributed by atoms with Gasteiger partial charge in [-0.2, -0.15) is 4.31 Å². The Morgan fingerprint density at radius 1 is 0.973 bits per heavy atom. The van der Waals surface area contributed by atoms with Crippen LogP contribution in [0.1, 0.15) is 57.6 Å². The van der Waals surface area contributed by atoms with Crippen molar-refractivity contribution in [2.75, 3.05) is 39.8 Å². The molecule has 0 saturated heterocycles. The maximum atomic E-state index is 14.3. The third kappa shape index (κ3) is 6.41.